The molecular formula is C15H22BrClN2OS. The number of amides is 1. The smallest absolute Gasteiger partial charge is 0.238 e. The molecule has 1 atom stereocenters. The number of halogens is 2. The van der Waals surface area contributed by atoms with Gasteiger partial charge in [0.1, 0.15) is 0 Å². The van der Waals surface area contributed by atoms with Gasteiger partial charge in [-0.05, 0) is 45.0 Å². The number of hydrogen-bond acceptors (Lipinski definition) is 3. The molecule has 0 radical (unpaired) electrons. The minimum Gasteiger partial charge on any atom is -0.339 e. The number of hydrogen-bond donors (Lipinski definition) is 1. The molecule has 1 fully saturated rings. The second-order valence-electron chi connectivity index (χ2n) is 5.67. The van der Waals surface area contributed by atoms with Gasteiger partial charge in [0, 0.05) is 35.0 Å². The van der Waals surface area contributed by atoms with Crippen molar-refractivity contribution in [2.75, 3.05) is 19.6 Å². The maximum Gasteiger partial charge on any atom is 0.238 e. The Kier molecular flexibility index (Phi) is 7.04. The second-order valence-corrected chi connectivity index (χ2v) is 8.28. The zero-order valence-electron chi connectivity index (χ0n) is 12.6. The lowest BCUT2D eigenvalue weighted by Gasteiger charge is -2.36. The average molecular weight is 394 g/mol. The van der Waals surface area contributed by atoms with E-state index in [1.165, 1.54) is 0 Å². The minimum absolute atomic E-state index is 0. The molecule has 1 heterocycles. The summed E-state index contributed by atoms with van der Waals surface area (Å²) in [6, 6.07) is 8.49. The van der Waals surface area contributed by atoms with Gasteiger partial charge in [0.25, 0.3) is 0 Å². The second kappa shape index (κ2) is 7.86. The van der Waals surface area contributed by atoms with Gasteiger partial charge in [-0.25, -0.2) is 0 Å². The van der Waals surface area contributed by atoms with E-state index < -0.39 is 4.75 Å². The van der Waals surface area contributed by atoms with E-state index >= 15 is 0 Å². The van der Waals surface area contributed by atoms with Crippen molar-refractivity contribution in [3.63, 3.8) is 0 Å². The number of carbonyl (C=O) groups is 1. The van der Waals surface area contributed by atoms with Crippen LogP contribution in [0.25, 0.3) is 0 Å². The molecule has 118 valence electrons. The number of thioether (sulfide) groups is 1. The third-order valence-electron chi connectivity index (χ3n) is 3.36. The summed E-state index contributed by atoms with van der Waals surface area (Å²) in [4.78, 5) is 15.8. The molecule has 0 saturated carbocycles. The van der Waals surface area contributed by atoms with Gasteiger partial charge in [-0.15, -0.1) is 24.2 Å². The Morgan fingerprint density at radius 3 is 2.57 bits per heavy atom. The fourth-order valence-electron chi connectivity index (χ4n) is 2.34. The standard InChI is InChI=1S/C15H21BrN2OS.ClH/c1-11-10-18(9-8-17-11)14(19)15(2,3)20-13-6-4-12(16)5-7-13;/h4-7,11,17H,8-10H2,1-3H3;1H. The van der Waals surface area contributed by atoms with E-state index in [0.29, 0.717) is 6.04 Å². The lowest BCUT2D eigenvalue weighted by atomic mass is 10.1. The van der Waals surface area contributed by atoms with Gasteiger partial charge in [-0.3, -0.25) is 4.79 Å². The molecule has 21 heavy (non-hydrogen) atoms. The van der Waals surface area contributed by atoms with E-state index in [0.717, 1.165) is 29.0 Å². The minimum atomic E-state index is -0.440. The Hall–Kier alpha value is -0.230. The predicted octanol–water partition coefficient (Wildman–Crippen LogP) is 3.56. The number of rotatable bonds is 3. The maximum absolute atomic E-state index is 12.7. The first kappa shape index (κ1) is 18.8. The number of benzene rings is 1. The summed E-state index contributed by atoms with van der Waals surface area (Å²) in [5.41, 5.74) is 0. The van der Waals surface area contributed by atoms with Crippen molar-refractivity contribution < 1.29 is 4.79 Å². The van der Waals surface area contributed by atoms with Crippen LogP contribution >= 0.6 is 40.1 Å². The van der Waals surface area contributed by atoms with Crippen molar-refractivity contribution in [2.45, 2.75) is 36.5 Å². The Bertz CT molecular complexity index is 481. The van der Waals surface area contributed by atoms with Crippen LogP contribution in [0.3, 0.4) is 0 Å². The first-order chi connectivity index (χ1) is 9.38. The van der Waals surface area contributed by atoms with Crippen LogP contribution in [0.15, 0.2) is 33.6 Å². The van der Waals surface area contributed by atoms with Crippen molar-refractivity contribution in [2.24, 2.45) is 0 Å². The van der Waals surface area contributed by atoms with E-state index in [9.17, 15) is 4.79 Å². The number of nitrogens with one attached hydrogen (secondary N) is 1. The van der Waals surface area contributed by atoms with E-state index in [-0.39, 0.29) is 18.3 Å². The van der Waals surface area contributed by atoms with Gasteiger partial charge >= 0.3 is 0 Å². The Labute approximate surface area is 145 Å². The molecule has 1 amide bonds. The molecule has 1 aliphatic heterocycles. The average Bonchev–Trinajstić information content (AvgIpc) is 2.40. The van der Waals surface area contributed by atoms with Crippen LogP contribution in [0.4, 0.5) is 0 Å². The molecule has 0 aliphatic carbocycles. The largest absolute Gasteiger partial charge is 0.339 e. The highest BCUT2D eigenvalue weighted by Gasteiger charge is 2.34. The third-order valence-corrected chi connectivity index (χ3v) is 5.08. The highest BCUT2D eigenvalue weighted by atomic mass is 79.9. The molecule has 1 aromatic rings. The number of nitrogens with zero attached hydrogens (tertiary/aromatic N) is 1. The lowest BCUT2D eigenvalue weighted by Crippen LogP contribution is -2.55. The van der Waals surface area contributed by atoms with Crippen molar-refractivity contribution in [1.29, 1.82) is 0 Å². The summed E-state index contributed by atoms with van der Waals surface area (Å²) in [5.74, 6) is 0.221. The first-order valence-corrected chi connectivity index (χ1v) is 8.47. The van der Waals surface area contributed by atoms with Crippen LogP contribution in [0, 0.1) is 0 Å². The van der Waals surface area contributed by atoms with Crippen LogP contribution in [0.1, 0.15) is 20.8 Å². The van der Waals surface area contributed by atoms with Gasteiger partial charge in [0.05, 0.1) is 4.75 Å². The van der Waals surface area contributed by atoms with Crippen LogP contribution in [0.5, 0.6) is 0 Å². The van der Waals surface area contributed by atoms with Gasteiger partial charge in [-0.2, -0.15) is 0 Å². The molecule has 1 aromatic carbocycles. The fraction of sp³-hybridized carbons (Fsp3) is 0.533. The molecule has 3 nitrogen and oxygen atoms in total. The summed E-state index contributed by atoms with van der Waals surface area (Å²) in [7, 11) is 0. The topological polar surface area (TPSA) is 32.3 Å². The van der Waals surface area contributed by atoms with Gasteiger partial charge in [0.2, 0.25) is 5.91 Å². The molecule has 1 N–H and O–H groups in total. The maximum atomic E-state index is 12.7. The summed E-state index contributed by atoms with van der Waals surface area (Å²) in [6.45, 7) is 8.61. The molecule has 6 heteroatoms. The van der Waals surface area contributed by atoms with E-state index in [1.807, 2.05) is 43.0 Å². The SMILES string of the molecule is CC1CN(C(=O)C(C)(C)Sc2ccc(Br)cc2)CCN1.Cl. The van der Waals surface area contributed by atoms with Gasteiger partial charge in [-0.1, -0.05) is 15.9 Å². The Balaban J connectivity index is 0.00000220. The Morgan fingerprint density at radius 2 is 2.00 bits per heavy atom. The van der Waals surface area contributed by atoms with Crippen molar-refractivity contribution >= 4 is 46.0 Å². The monoisotopic (exact) mass is 392 g/mol. The van der Waals surface area contributed by atoms with E-state index in [4.69, 9.17) is 0 Å². The van der Waals surface area contributed by atoms with Crippen molar-refractivity contribution in [3.8, 4) is 0 Å². The molecule has 0 spiro atoms. The fourth-order valence-corrected chi connectivity index (χ4v) is 3.68. The summed E-state index contributed by atoms with van der Waals surface area (Å²) >= 11 is 5.06. The van der Waals surface area contributed by atoms with Crippen LogP contribution in [-0.2, 0) is 4.79 Å². The number of piperazine rings is 1. The molecular weight excluding hydrogens is 372 g/mol. The van der Waals surface area contributed by atoms with Crippen molar-refractivity contribution in [3.05, 3.63) is 28.7 Å². The highest BCUT2D eigenvalue weighted by Crippen LogP contribution is 2.34. The quantitative estimate of drug-likeness (QED) is 0.797. The summed E-state index contributed by atoms with van der Waals surface area (Å²) in [5, 5.41) is 3.37. The molecule has 1 saturated heterocycles. The van der Waals surface area contributed by atoms with Gasteiger partial charge < -0.3 is 10.2 Å². The molecule has 1 aliphatic rings. The van der Waals surface area contributed by atoms with Crippen LogP contribution in [0.2, 0.25) is 0 Å². The zero-order valence-corrected chi connectivity index (χ0v) is 15.8. The molecule has 1 unspecified atom stereocenters. The van der Waals surface area contributed by atoms with Crippen LogP contribution in [-0.4, -0.2) is 41.2 Å². The lowest BCUT2D eigenvalue weighted by molar-refractivity contribution is -0.134. The predicted molar refractivity (Wildman–Crippen MR) is 95.4 cm³/mol. The zero-order chi connectivity index (χ0) is 14.8. The van der Waals surface area contributed by atoms with Crippen LogP contribution < -0.4 is 5.32 Å². The molecule has 0 bridgehead atoms. The van der Waals surface area contributed by atoms with Gasteiger partial charge in [0.15, 0.2) is 0 Å². The molecule has 2 rings (SSSR count). The van der Waals surface area contributed by atoms with Crippen molar-refractivity contribution in [1.82, 2.24) is 10.2 Å². The molecule has 0 aromatic heterocycles. The highest BCUT2D eigenvalue weighted by molar-refractivity contribution is 9.10. The van der Waals surface area contributed by atoms with E-state index in [2.05, 4.69) is 28.2 Å². The summed E-state index contributed by atoms with van der Waals surface area (Å²) in [6.07, 6.45) is 0. The first-order valence-electron chi connectivity index (χ1n) is 6.86. The number of carbonyl (C=O) groups excluding carboxylic acids is 1. The van der Waals surface area contributed by atoms with E-state index in [1.54, 1.807) is 11.8 Å². The summed E-state index contributed by atoms with van der Waals surface area (Å²) < 4.78 is 0.618. The third kappa shape index (κ3) is 5.16. The Morgan fingerprint density at radius 1 is 1.38 bits per heavy atom. The normalized spacial score (nSPS) is 19.0.